The van der Waals surface area contributed by atoms with Gasteiger partial charge < -0.3 is 10.4 Å². The molecule has 2 nitrogen and oxygen atoms in total. The molecule has 2 atom stereocenters. The van der Waals surface area contributed by atoms with Crippen LogP contribution in [-0.4, -0.2) is 25.3 Å². The lowest BCUT2D eigenvalue weighted by Crippen LogP contribution is -2.21. The molecule has 0 saturated heterocycles. The molecule has 0 aromatic heterocycles. The van der Waals surface area contributed by atoms with Crippen molar-refractivity contribution < 1.29 is 5.11 Å². The molecule has 2 heteroatoms. The van der Waals surface area contributed by atoms with E-state index < -0.39 is 0 Å². The van der Waals surface area contributed by atoms with E-state index in [0.717, 1.165) is 19.4 Å². The Balaban J connectivity index is 2.71. The van der Waals surface area contributed by atoms with Gasteiger partial charge in [0.2, 0.25) is 0 Å². The largest absolute Gasteiger partial charge is 0.396 e. The quantitative estimate of drug-likeness (QED) is 0.741. The minimum Gasteiger partial charge on any atom is -0.396 e. The van der Waals surface area contributed by atoms with Crippen LogP contribution in [0.4, 0.5) is 0 Å². The second-order valence-corrected chi connectivity index (χ2v) is 4.26. The Morgan fingerprint density at radius 1 is 1.25 bits per heavy atom. The molecule has 0 heterocycles. The molecule has 0 saturated carbocycles. The molecule has 2 unspecified atom stereocenters. The first-order chi connectivity index (χ1) is 7.83. The Labute approximate surface area is 98.7 Å². The van der Waals surface area contributed by atoms with Crippen molar-refractivity contribution in [3.05, 3.63) is 35.9 Å². The van der Waals surface area contributed by atoms with Gasteiger partial charge in [-0.15, -0.1) is 0 Å². The van der Waals surface area contributed by atoms with Crippen molar-refractivity contribution >= 4 is 0 Å². The highest BCUT2D eigenvalue weighted by Crippen LogP contribution is 2.29. The van der Waals surface area contributed by atoms with Crippen molar-refractivity contribution in [3.8, 4) is 0 Å². The van der Waals surface area contributed by atoms with E-state index in [0.29, 0.717) is 11.8 Å². The van der Waals surface area contributed by atoms with Crippen molar-refractivity contribution in [1.82, 2.24) is 5.32 Å². The van der Waals surface area contributed by atoms with Crippen molar-refractivity contribution in [2.45, 2.75) is 25.7 Å². The van der Waals surface area contributed by atoms with Crippen molar-refractivity contribution in [2.24, 2.45) is 5.92 Å². The maximum atomic E-state index is 9.49. The van der Waals surface area contributed by atoms with Crippen LogP contribution in [0.3, 0.4) is 0 Å². The first-order valence-corrected chi connectivity index (χ1v) is 6.13. The smallest absolute Gasteiger partial charge is 0.0465 e. The highest BCUT2D eigenvalue weighted by molar-refractivity contribution is 5.20. The van der Waals surface area contributed by atoms with E-state index >= 15 is 0 Å². The van der Waals surface area contributed by atoms with Gasteiger partial charge in [-0.05, 0) is 43.8 Å². The molecule has 0 aliphatic heterocycles. The molecule has 2 N–H and O–H groups in total. The summed E-state index contributed by atoms with van der Waals surface area (Å²) in [4.78, 5) is 0. The van der Waals surface area contributed by atoms with Crippen LogP contribution in [-0.2, 0) is 0 Å². The van der Waals surface area contributed by atoms with E-state index in [1.54, 1.807) is 0 Å². The summed E-state index contributed by atoms with van der Waals surface area (Å²) in [5, 5.41) is 12.6. The molecular weight excluding hydrogens is 198 g/mol. The lowest BCUT2D eigenvalue weighted by Gasteiger charge is -2.25. The maximum Gasteiger partial charge on any atom is 0.0465 e. The van der Waals surface area contributed by atoms with Crippen molar-refractivity contribution in [1.29, 1.82) is 0 Å². The standard InChI is InChI=1S/C14H23NO/c1-3-14(12-7-5-4-6-8-12)13(11-16)9-10-15-2/h4-8,13-16H,3,9-11H2,1-2H3. The third-order valence-electron chi connectivity index (χ3n) is 3.24. The molecule has 0 aliphatic carbocycles. The summed E-state index contributed by atoms with van der Waals surface area (Å²) in [5.74, 6) is 0.833. The molecule has 90 valence electrons. The topological polar surface area (TPSA) is 32.3 Å². The number of nitrogens with one attached hydrogen (secondary N) is 1. The lowest BCUT2D eigenvalue weighted by molar-refractivity contribution is 0.192. The average Bonchev–Trinajstić information content (AvgIpc) is 2.35. The highest BCUT2D eigenvalue weighted by Gasteiger charge is 2.20. The molecule has 0 spiro atoms. The Morgan fingerprint density at radius 3 is 2.44 bits per heavy atom. The summed E-state index contributed by atoms with van der Waals surface area (Å²) in [6, 6.07) is 10.5. The maximum absolute atomic E-state index is 9.49. The molecule has 0 bridgehead atoms. The number of hydrogen-bond donors (Lipinski definition) is 2. The van der Waals surface area contributed by atoms with Gasteiger partial charge in [-0.3, -0.25) is 0 Å². The van der Waals surface area contributed by atoms with Crippen LogP contribution in [0.5, 0.6) is 0 Å². The number of rotatable bonds is 7. The predicted octanol–water partition coefficient (Wildman–Crippen LogP) is 2.40. The number of hydrogen-bond acceptors (Lipinski definition) is 2. The zero-order valence-corrected chi connectivity index (χ0v) is 10.3. The molecule has 1 rings (SSSR count). The van der Waals surface area contributed by atoms with Gasteiger partial charge in [-0.2, -0.15) is 0 Å². The van der Waals surface area contributed by atoms with E-state index in [-0.39, 0.29) is 6.61 Å². The van der Waals surface area contributed by atoms with Crippen LogP contribution in [0.25, 0.3) is 0 Å². The molecule has 16 heavy (non-hydrogen) atoms. The molecule has 1 aromatic rings. The Hall–Kier alpha value is -0.860. The summed E-state index contributed by atoms with van der Waals surface area (Å²) in [7, 11) is 1.96. The average molecular weight is 221 g/mol. The van der Waals surface area contributed by atoms with Gasteiger partial charge in [-0.25, -0.2) is 0 Å². The van der Waals surface area contributed by atoms with Crippen LogP contribution in [0.2, 0.25) is 0 Å². The predicted molar refractivity (Wildman–Crippen MR) is 68.6 cm³/mol. The van der Waals surface area contributed by atoms with Gasteiger partial charge >= 0.3 is 0 Å². The Bertz CT molecular complexity index is 273. The Morgan fingerprint density at radius 2 is 1.94 bits per heavy atom. The SMILES string of the molecule is CCC(c1ccccc1)C(CO)CCNC. The van der Waals surface area contributed by atoms with E-state index in [1.165, 1.54) is 5.56 Å². The molecule has 0 aliphatic rings. The van der Waals surface area contributed by atoms with Gasteiger partial charge in [0.05, 0.1) is 0 Å². The van der Waals surface area contributed by atoms with E-state index in [2.05, 4.69) is 36.5 Å². The third-order valence-corrected chi connectivity index (χ3v) is 3.24. The van der Waals surface area contributed by atoms with Crippen LogP contribution in [0.15, 0.2) is 30.3 Å². The first-order valence-electron chi connectivity index (χ1n) is 6.13. The summed E-state index contributed by atoms with van der Waals surface area (Å²) in [5.41, 5.74) is 1.35. The summed E-state index contributed by atoms with van der Waals surface area (Å²) in [6.07, 6.45) is 2.11. The fourth-order valence-electron chi connectivity index (χ4n) is 2.29. The van der Waals surface area contributed by atoms with Crippen LogP contribution in [0, 0.1) is 5.92 Å². The zero-order chi connectivity index (χ0) is 11.8. The highest BCUT2D eigenvalue weighted by atomic mass is 16.3. The van der Waals surface area contributed by atoms with Crippen LogP contribution >= 0.6 is 0 Å². The van der Waals surface area contributed by atoms with Crippen LogP contribution in [0.1, 0.15) is 31.2 Å². The van der Waals surface area contributed by atoms with Crippen molar-refractivity contribution in [3.63, 3.8) is 0 Å². The summed E-state index contributed by atoms with van der Waals surface area (Å²) >= 11 is 0. The number of aliphatic hydroxyl groups excluding tert-OH is 1. The lowest BCUT2D eigenvalue weighted by atomic mass is 9.82. The molecule has 1 aromatic carbocycles. The van der Waals surface area contributed by atoms with Gasteiger partial charge in [-0.1, -0.05) is 37.3 Å². The van der Waals surface area contributed by atoms with E-state index in [1.807, 2.05) is 13.1 Å². The summed E-state index contributed by atoms with van der Waals surface area (Å²) < 4.78 is 0. The first kappa shape index (κ1) is 13.2. The van der Waals surface area contributed by atoms with Crippen LogP contribution < -0.4 is 5.32 Å². The van der Waals surface area contributed by atoms with Gasteiger partial charge in [0.25, 0.3) is 0 Å². The van der Waals surface area contributed by atoms with E-state index in [9.17, 15) is 5.11 Å². The molecule has 0 radical (unpaired) electrons. The Kier molecular flexibility index (Phi) is 6.12. The minimum atomic E-state index is 0.273. The molecule has 0 fully saturated rings. The summed E-state index contributed by atoms with van der Waals surface area (Å²) in [6.45, 7) is 3.43. The molecular formula is C14H23NO. The monoisotopic (exact) mass is 221 g/mol. The minimum absolute atomic E-state index is 0.273. The third kappa shape index (κ3) is 3.62. The zero-order valence-electron chi connectivity index (χ0n) is 10.3. The second kappa shape index (κ2) is 7.42. The van der Waals surface area contributed by atoms with Gasteiger partial charge in [0, 0.05) is 6.61 Å². The number of aliphatic hydroxyl groups is 1. The number of benzene rings is 1. The van der Waals surface area contributed by atoms with E-state index in [4.69, 9.17) is 0 Å². The van der Waals surface area contributed by atoms with Gasteiger partial charge in [0.15, 0.2) is 0 Å². The van der Waals surface area contributed by atoms with Gasteiger partial charge in [0.1, 0.15) is 0 Å². The normalized spacial score (nSPS) is 14.7. The fraction of sp³-hybridized carbons (Fsp3) is 0.571. The molecule has 0 amide bonds. The fourth-order valence-corrected chi connectivity index (χ4v) is 2.29. The second-order valence-electron chi connectivity index (χ2n) is 4.26. The van der Waals surface area contributed by atoms with Crippen molar-refractivity contribution in [2.75, 3.05) is 20.2 Å².